The third-order valence-corrected chi connectivity index (χ3v) is 6.18. The number of ether oxygens (including phenoxy) is 1. The van der Waals surface area contributed by atoms with Crippen molar-refractivity contribution in [1.82, 2.24) is 14.4 Å². The number of carbonyl (C=O) groups excluding carboxylic acids is 1. The first kappa shape index (κ1) is 18.9. The number of likely N-dealkylation sites (tertiary alicyclic amines) is 1. The van der Waals surface area contributed by atoms with Gasteiger partial charge in [-0.05, 0) is 47.5 Å². The molecule has 2 unspecified atom stereocenters. The maximum Gasteiger partial charge on any atom is 0.271 e. The summed E-state index contributed by atoms with van der Waals surface area (Å²) < 4.78 is 20.6. The molecule has 2 aliphatic rings. The molecule has 1 amide bonds. The van der Waals surface area contributed by atoms with E-state index in [-0.39, 0.29) is 23.8 Å². The molecule has 1 saturated heterocycles. The fraction of sp³-hybridized carbons (Fsp3) is 0.292. The molecular formula is C24H24FN3O2. The molecule has 0 bridgehead atoms. The van der Waals surface area contributed by atoms with Crippen molar-refractivity contribution in [3.05, 3.63) is 89.5 Å². The van der Waals surface area contributed by atoms with E-state index in [4.69, 9.17) is 4.74 Å². The van der Waals surface area contributed by atoms with Crippen LogP contribution < -0.4 is 4.74 Å². The second-order valence-electron chi connectivity index (χ2n) is 8.04. The van der Waals surface area contributed by atoms with Crippen molar-refractivity contribution in [2.75, 3.05) is 20.2 Å². The van der Waals surface area contributed by atoms with Crippen LogP contribution in [0.4, 0.5) is 4.39 Å². The molecule has 154 valence electrons. The first-order chi connectivity index (χ1) is 14.6. The maximum absolute atomic E-state index is 13.3. The first-order valence-electron chi connectivity index (χ1n) is 10.2. The van der Waals surface area contributed by atoms with Gasteiger partial charge in [0.1, 0.15) is 17.3 Å². The summed E-state index contributed by atoms with van der Waals surface area (Å²) in [5.41, 5.74) is 2.91. The molecule has 2 atom stereocenters. The number of methoxy groups -OCH3 is 1. The molecule has 3 aromatic rings. The zero-order valence-electron chi connectivity index (χ0n) is 16.9. The monoisotopic (exact) mass is 405 g/mol. The standard InChI is InChI=1S/C24H24FN3O2/c1-30-20-10-6-18(7-11-20)14-28-23-16-26(13-17-4-8-19(25)9-5-17)15-22(23)27-12-2-3-21(27)24(28)29/h2-12,22-23H,13-16H2,1H3. The second kappa shape index (κ2) is 7.61. The van der Waals surface area contributed by atoms with Crippen LogP contribution in [0, 0.1) is 5.82 Å². The molecule has 0 spiro atoms. The van der Waals surface area contributed by atoms with Gasteiger partial charge in [0.25, 0.3) is 5.91 Å². The molecule has 5 nitrogen and oxygen atoms in total. The van der Waals surface area contributed by atoms with Crippen LogP contribution >= 0.6 is 0 Å². The molecule has 0 saturated carbocycles. The minimum atomic E-state index is -0.220. The summed E-state index contributed by atoms with van der Waals surface area (Å²) >= 11 is 0. The summed E-state index contributed by atoms with van der Waals surface area (Å²) in [5, 5.41) is 0. The Morgan fingerprint density at radius 3 is 2.33 bits per heavy atom. The van der Waals surface area contributed by atoms with Crippen molar-refractivity contribution in [2.24, 2.45) is 0 Å². The molecule has 2 aliphatic heterocycles. The molecule has 6 heteroatoms. The highest BCUT2D eigenvalue weighted by Gasteiger charge is 2.44. The quantitative estimate of drug-likeness (QED) is 0.649. The number of aromatic nitrogens is 1. The van der Waals surface area contributed by atoms with Crippen molar-refractivity contribution >= 4 is 5.91 Å². The van der Waals surface area contributed by atoms with E-state index < -0.39 is 0 Å². The van der Waals surface area contributed by atoms with E-state index in [1.165, 1.54) is 12.1 Å². The molecule has 3 heterocycles. The van der Waals surface area contributed by atoms with Gasteiger partial charge in [0, 0.05) is 32.4 Å². The van der Waals surface area contributed by atoms with Crippen LogP contribution in [0.2, 0.25) is 0 Å². The number of rotatable bonds is 5. The average Bonchev–Trinajstić information content (AvgIpc) is 3.40. The fourth-order valence-electron chi connectivity index (χ4n) is 4.68. The van der Waals surface area contributed by atoms with Gasteiger partial charge in [-0.15, -0.1) is 0 Å². The lowest BCUT2D eigenvalue weighted by atomic mass is 10.0. The zero-order valence-corrected chi connectivity index (χ0v) is 16.9. The number of nitrogens with zero attached hydrogens (tertiary/aromatic N) is 3. The number of fused-ring (bicyclic) bond motifs is 3. The minimum absolute atomic E-state index is 0.0701. The largest absolute Gasteiger partial charge is 0.497 e. The summed E-state index contributed by atoms with van der Waals surface area (Å²) in [7, 11) is 1.65. The SMILES string of the molecule is COc1ccc(CN2C(=O)c3cccn3C3CN(Cc4ccc(F)cc4)CC32)cc1. The van der Waals surface area contributed by atoms with E-state index in [1.54, 1.807) is 7.11 Å². The van der Waals surface area contributed by atoms with Gasteiger partial charge in [0.2, 0.25) is 0 Å². The summed E-state index contributed by atoms with van der Waals surface area (Å²) in [6.07, 6.45) is 2.01. The topological polar surface area (TPSA) is 37.7 Å². The lowest BCUT2D eigenvalue weighted by Crippen LogP contribution is -2.49. The highest BCUT2D eigenvalue weighted by molar-refractivity contribution is 5.94. The van der Waals surface area contributed by atoms with E-state index in [0.29, 0.717) is 6.54 Å². The van der Waals surface area contributed by atoms with Crippen molar-refractivity contribution in [2.45, 2.75) is 25.2 Å². The van der Waals surface area contributed by atoms with Gasteiger partial charge in [-0.3, -0.25) is 9.69 Å². The fourth-order valence-corrected chi connectivity index (χ4v) is 4.68. The van der Waals surface area contributed by atoms with E-state index >= 15 is 0 Å². The van der Waals surface area contributed by atoms with Gasteiger partial charge < -0.3 is 14.2 Å². The van der Waals surface area contributed by atoms with Gasteiger partial charge in [-0.25, -0.2) is 4.39 Å². The Balaban J connectivity index is 1.40. The summed E-state index contributed by atoms with van der Waals surface area (Å²) in [4.78, 5) is 17.6. The maximum atomic E-state index is 13.3. The normalized spacial score (nSPS) is 20.9. The number of carbonyl (C=O) groups is 1. The van der Waals surface area contributed by atoms with Crippen molar-refractivity contribution in [3.63, 3.8) is 0 Å². The van der Waals surface area contributed by atoms with Crippen LogP contribution in [0.15, 0.2) is 66.9 Å². The number of benzene rings is 2. The number of hydrogen-bond donors (Lipinski definition) is 0. The predicted molar refractivity (Wildman–Crippen MR) is 112 cm³/mol. The highest BCUT2D eigenvalue weighted by atomic mass is 19.1. The van der Waals surface area contributed by atoms with E-state index in [0.717, 1.165) is 42.2 Å². The van der Waals surface area contributed by atoms with Crippen molar-refractivity contribution in [1.29, 1.82) is 0 Å². The molecule has 30 heavy (non-hydrogen) atoms. The van der Waals surface area contributed by atoms with Gasteiger partial charge >= 0.3 is 0 Å². The molecule has 0 N–H and O–H groups in total. The summed E-state index contributed by atoms with van der Waals surface area (Å²) in [5.74, 6) is 0.657. The first-order valence-corrected chi connectivity index (χ1v) is 10.2. The molecular weight excluding hydrogens is 381 g/mol. The zero-order chi connectivity index (χ0) is 20.7. The van der Waals surface area contributed by atoms with Gasteiger partial charge in [0.05, 0.1) is 19.2 Å². The van der Waals surface area contributed by atoms with E-state index in [2.05, 4.69) is 9.47 Å². The number of hydrogen-bond acceptors (Lipinski definition) is 3. The van der Waals surface area contributed by atoms with Crippen molar-refractivity contribution < 1.29 is 13.9 Å². The predicted octanol–water partition coefficient (Wildman–Crippen LogP) is 3.72. The van der Waals surface area contributed by atoms with Gasteiger partial charge in [-0.1, -0.05) is 24.3 Å². The van der Waals surface area contributed by atoms with E-state index in [1.807, 2.05) is 59.6 Å². The Labute approximate surface area is 175 Å². The third-order valence-electron chi connectivity index (χ3n) is 6.18. The number of halogens is 1. The van der Waals surface area contributed by atoms with Crippen LogP contribution in [0.25, 0.3) is 0 Å². The van der Waals surface area contributed by atoms with Crippen LogP contribution in [0.3, 0.4) is 0 Å². The van der Waals surface area contributed by atoms with Crippen molar-refractivity contribution in [3.8, 4) is 5.75 Å². The smallest absolute Gasteiger partial charge is 0.271 e. The average molecular weight is 405 g/mol. The lowest BCUT2D eigenvalue weighted by molar-refractivity contribution is 0.0556. The van der Waals surface area contributed by atoms with Crippen LogP contribution in [-0.4, -0.2) is 46.5 Å². The Morgan fingerprint density at radius 1 is 0.933 bits per heavy atom. The molecule has 1 aromatic heterocycles. The molecule has 0 radical (unpaired) electrons. The molecule has 1 fully saturated rings. The Morgan fingerprint density at radius 2 is 1.60 bits per heavy atom. The van der Waals surface area contributed by atoms with Crippen LogP contribution in [0.5, 0.6) is 5.75 Å². The minimum Gasteiger partial charge on any atom is -0.497 e. The Hall–Kier alpha value is -3.12. The number of amides is 1. The molecule has 0 aliphatic carbocycles. The van der Waals surface area contributed by atoms with Crippen LogP contribution in [0.1, 0.15) is 27.7 Å². The second-order valence-corrected chi connectivity index (χ2v) is 8.04. The third kappa shape index (κ3) is 3.37. The van der Waals surface area contributed by atoms with Gasteiger partial charge in [-0.2, -0.15) is 0 Å². The lowest BCUT2D eigenvalue weighted by Gasteiger charge is -2.38. The molecule has 5 rings (SSSR count). The Bertz CT molecular complexity index is 1050. The molecule has 2 aromatic carbocycles. The van der Waals surface area contributed by atoms with Crippen LogP contribution in [-0.2, 0) is 13.1 Å². The summed E-state index contributed by atoms with van der Waals surface area (Å²) in [6, 6.07) is 18.7. The summed E-state index contributed by atoms with van der Waals surface area (Å²) in [6.45, 7) is 2.96. The van der Waals surface area contributed by atoms with E-state index in [9.17, 15) is 9.18 Å². The highest BCUT2D eigenvalue weighted by Crippen LogP contribution is 2.35. The Kier molecular flexibility index (Phi) is 4.79. The van der Waals surface area contributed by atoms with Gasteiger partial charge in [0.15, 0.2) is 0 Å².